The lowest BCUT2D eigenvalue weighted by Crippen LogP contribution is -2.58. The average Bonchev–Trinajstić information content (AvgIpc) is 2.76. The summed E-state index contributed by atoms with van der Waals surface area (Å²) in [6, 6.07) is 0. The molecule has 3 N–H and O–H groups in total. The largest absolute Gasteiger partial charge is 0.314 e. The predicted octanol–water partition coefficient (Wildman–Crippen LogP) is 0.340. The Morgan fingerprint density at radius 1 is 1.44 bits per heavy atom. The third kappa shape index (κ3) is 2.54. The molecule has 0 saturated carbocycles. The Bertz CT molecular complexity index is 420. The van der Waals surface area contributed by atoms with Gasteiger partial charge < -0.3 is 10.6 Å². The molecule has 100 valence electrons. The first-order valence-corrected chi connectivity index (χ1v) is 6.29. The summed E-state index contributed by atoms with van der Waals surface area (Å²) in [6.07, 6.45) is 1.70. The average molecular weight is 251 g/mol. The monoisotopic (exact) mass is 251 g/mol. The molecule has 6 nitrogen and oxygen atoms in total. The van der Waals surface area contributed by atoms with E-state index in [4.69, 9.17) is 0 Å². The third-order valence-electron chi connectivity index (χ3n) is 3.53. The van der Waals surface area contributed by atoms with Crippen molar-refractivity contribution >= 4 is 11.7 Å². The highest BCUT2D eigenvalue weighted by Crippen LogP contribution is 2.18. The van der Waals surface area contributed by atoms with Crippen LogP contribution >= 0.6 is 0 Å². The second kappa shape index (κ2) is 5.07. The molecule has 0 unspecified atom stereocenters. The minimum atomic E-state index is -0.514. The molecular formula is C12H21N5O. The van der Waals surface area contributed by atoms with Gasteiger partial charge in [-0.2, -0.15) is 5.10 Å². The molecule has 1 fully saturated rings. The molecule has 1 aromatic heterocycles. The van der Waals surface area contributed by atoms with Gasteiger partial charge in [-0.3, -0.25) is 14.8 Å². The quantitative estimate of drug-likeness (QED) is 0.724. The summed E-state index contributed by atoms with van der Waals surface area (Å²) in [5, 5.41) is 12.9. The second-order valence-corrected chi connectivity index (χ2v) is 5.18. The van der Waals surface area contributed by atoms with Crippen LogP contribution in [0, 0.1) is 6.92 Å². The van der Waals surface area contributed by atoms with Crippen LogP contribution < -0.4 is 10.6 Å². The molecule has 1 aliphatic heterocycles. The summed E-state index contributed by atoms with van der Waals surface area (Å²) in [6.45, 7) is 9.47. The molecule has 1 amide bonds. The van der Waals surface area contributed by atoms with Gasteiger partial charge in [0.05, 0.1) is 11.7 Å². The molecule has 0 bridgehead atoms. The highest BCUT2D eigenvalue weighted by Gasteiger charge is 2.35. The smallest absolute Gasteiger partial charge is 0.245 e. The van der Waals surface area contributed by atoms with Crippen molar-refractivity contribution in [2.45, 2.75) is 26.3 Å². The zero-order valence-corrected chi connectivity index (χ0v) is 11.2. The number of rotatable bonds is 3. The first-order valence-electron chi connectivity index (χ1n) is 6.29. The fourth-order valence-corrected chi connectivity index (χ4v) is 2.11. The van der Waals surface area contributed by atoms with E-state index in [0.29, 0.717) is 5.82 Å². The molecule has 2 heterocycles. The molecule has 1 saturated heterocycles. The summed E-state index contributed by atoms with van der Waals surface area (Å²) in [5.41, 5.74) is 0.430. The van der Waals surface area contributed by atoms with E-state index in [2.05, 4.69) is 25.7 Å². The number of hydrogen-bond acceptors (Lipinski definition) is 4. The van der Waals surface area contributed by atoms with E-state index >= 15 is 0 Å². The fourth-order valence-electron chi connectivity index (χ4n) is 2.11. The molecular weight excluding hydrogens is 230 g/mol. The van der Waals surface area contributed by atoms with Crippen LogP contribution in [0.25, 0.3) is 0 Å². The van der Waals surface area contributed by atoms with E-state index in [0.717, 1.165) is 31.7 Å². The van der Waals surface area contributed by atoms with Crippen molar-refractivity contribution in [2.75, 3.05) is 31.5 Å². The van der Waals surface area contributed by atoms with Gasteiger partial charge in [-0.25, -0.2) is 0 Å². The maximum Gasteiger partial charge on any atom is 0.245 e. The van der Waals surface area contributed by atoms with Gasteiger partial charge in [-0.05, 0) is 20.8 Å². The summed E-state index contributed by atoms with van der Waals surface area (Å²) in [5.74, 6) is 0.681. The number of carbonyl (C=O) groups excluding carboxylic acids is 1. The molecule has 6 heteroatoms. The van der Waals surface area contributed by atoms with E-state index < -0.39 is 5.54 Å². The van der Waals surface area contributed by atoms with Crippen molar-refractivity contribution in [3.8, 4) is 0 Å². The molecule has 1 aromatic rings. The van der Waals surface area contributed by atoms with Gasteiger partial charge in [-0.1, -0.05) is 0 Å². The van der Waals surface area contributed by atoms with E-state index in [1.165, 1.54) is 0 Å². The molecule has 0 spiro atoms. The number of hydrogen-bond donors (Lipinski definition) is 3. The Hall–Kier alpha value is -1.40. The zero-order chi connectivity index (χ0) is 13.2. The first-order chi connectivity index (χ1) is 8.51. The number of amides is 1. The molecule has 2 rings (SSSR count). The normalized spacial score (nSPS) is 17.7. The van der Waals surface area contributed by atoms with Crippen molar-refractivity contribution in [3.63, 3.8) is 0 Å². The molecule has 0 radical (unpaired) electrons. The summed E-state index contributed by atoms with van der Waals surface area (Å²) in [7, 11) is 0. The van der Waals surface area contributed by atoms with E-state index in [1.54, 1.807) is 6.20 Å². The fraction of sp³-hybridized carbons (Fsp3) is 0.667. The van der Waals surface area contributed by atoms with Gasteiger partial charge in [0, 0.05) is 31.7 Å². The number of piperazine rings is 1. The lowest BCUT2D eigenvalue weighted by Gasteiger charge is -2.39. The lowest BCUT2D eigenvalue weighted by atomic mass is 10.0. The van der Waals surface area contributed by atoms with Gasteiger partial charge in [0.1, 0.15) is 5.82 Å². The van der Waals surface area contributed by atoms with Crippen LogP contribution in [0.4, 0.5) is 5.82 Å². The van der Waals surface area contributed by atoms with Crippen LogP contribution in [0.15, 0.2) is 6.20 Å². The molecule has 0 aromatic carbocycles. The highest BCUT2D eigenvalue weighted by atomic mass is 16.2. The Balaban J connectivity index is 2.04. The first kappa shape index (κ1) is 13.0. The number of carbonyl (C=O) groups is 1. The van der Waals surface area contributed by atoms with Crippen LogP contribution in [0.1, 0.15) is 19.4 Å². The van der Waals surface area contributed by atoms with Crippen molar-refractivity contribution in [1.29, 1.82) is 0 Å². The molecule has 18 heavy (non-hydrogen) atoms. The summed E-state index contributed by atoms with van der Waals surface area (Å²) >= 11 is 0. The number of anilines is 1. The lowest BCUT2D eigenvalue weighted by molar-refractivity contribution is -0.126. The van der Waals surface area contributed by atoms with Gasteiger partial charge in [0.2, 0.25) is 5.91 Å². The highest BCUT2D eigenvalue weighted by molar-refractivity contribution is 5.97. The maximum absolute atomic E-state index is 12.4. The number of nitrogens with zero attached hydrogens (tertiary/aromatic N) is 2. The van der Waals surface area contributed by atoms with Crippen molar-refractivity contribution in [3.05, 3.63) is 11.8 Å². The third-order valence-corrected chi connectivity index (χ3v) is 3.53. The Morgan fingerprint density at radius 2 is 2.11 bits per heavy atom. The van der Waals surface area contributed by atoms with Gasteiger partial charge in [-0.15, -0.1) is 0 Å². The predicted molar refractivity (Wildman–Crippen MR) is 70.5 cm³/mol. The number of nitrogens with one attached hydrogen (secondary N) is 3. The Labute approximate surface area is 107 Å². The number of aromatic nitrogens is 2. The minimum Gasteiger partial charge on any atom is -0.314 e. The Kier molecular flexibility index (Phi) is 3.68. The second-order valence-electron chi connectivity index (χ2n) is 5.18. The van der Waals surface area contributed by atoms with E-state index in [-0.39, 0.29) is 5.91 Å². The van der Waals surface area contributed by atoms with Gasteiger partial charge in [0.25, 0.3) is 0 Å². The zero-order valence-electron chi connectivity index (χ0n) is 11.2. The maximum atomic E-state index is 12.4. The van der Waals surface area contributed by atoms with Crippen molar-refractivity contribution in [2.24, 2.45) is 0 Å². The summed E-state index contributed by atoms with van der Waals surface area (Å²) < 4.78 is 0. The van der Waals surface area contributed by atoms with Crippen LogP contribution in [0.3, 0.4) is 0 Å². The van der Waals surface area contributed by atoms with Crippen LogP contribution in [-0.4, -0.2) is 52.7 Å². The Morgan fingerprint density at radius 3 is 2.67 bits per heavy atom. The van der Waals surface area contributed by atoms with E-state index in [1.807, 2.05) is 20.8 Å². The van der Waals surface area contributed by atoms with Gasteiger partial charge in [0.15, 0.2) is 0 Å². The standard InChI is InChI=1S/C12H21N5O/c1-9-8-14-16-10(9)15-11(18)12(2,3)17-6-4-13-5-7-17/h8,13H,4-7H2,1-3H3,(H2,14,15,16,18). The SMILES string of the molecule is Cc1cn[nH]c1NC(=O)C(C)(C)N1CCNCC1. The van der Waals surface area contributed by atoms with Crippen LogP contribution in [0.2, 0.25) is 0 Å². The number of aryl methyl sites for hydroxylation is 1. The number of aromatic amines is 1. The molecule has 1 aliphatic rings. The number of H-pyrrole nitrogens is 1. The molecule has 0 atom stereocenters. The van der Waals surface area contributed by atoms with Gasteiger partial charge >= 0.3 is 0 Å². The topological polar surface area (TPSA) is 73.0 Å². The molecule has 0 aliphatic carbocycles. The van der Waals surface area contributed by atoms with Crippen LogP contribution in [-0.2, 0) is 4.79 Å². The minimum absolute atomic E-state index is 0.00301. The van der Waals surface area contributed by atoms with Crippen molar-refractivity contribution < 1.29 is 4.79 Å². The van der Waals surface area contributed by atoms with Crippen LogP contribution in [0.5, 0.6) is 0 Å². The van der Waals surface area contributed by atoms with E-state index in [9.17, 15) is 4.79 Å². The van der Waals surface area contributed by atoms with Crippen molar-refractivity contribution in [1.82, 2.24) is 20.4 Å². The summed E-state index contributed by atoms with van der Waals surface area (Å²) in [4.78, 5) is 14.6.